The minimum absolute atomic E-state index is 0. The van der Waals surface area contributed by atoms with E-state index in [2.05, 4.69) is 9.88 Å². The van der Waals surface area contributed by atoms with Gasteiger partial charge in [0.05, 0.1) is 0 Å². The molecule has 2 aromatic rings. The summed E-state index contributed by atoms with van der Waals surface area (Å²) in [6.07, 6.45) is 3.62. The van der Waals surface area contributed by atoms with Crippen molar-refractivity contribution >= 4 is 29.9 Å². The maximum absolute atomic E-state index is 12.4. The second-order valence-corrected chi connectivity index (χ2v) is 7.05. The summed E-state index contributed by atoms with van der Waals surface area (Å²) >= 11 is 6.17. The number of ether oxygens (including phenoxy) is 1. The molecule has 0 bridgehead atoms. The van der Waals surface area contributed by atoms with Crippen LogP contribution in [0, 0.1) is 13.8 Å². The molecule has 1 fully saturated rings. The number of benzene rings is 1. The second kappa shape index (κ2) is 9.93. The summed E-state index contributed by atoms with van der Waals surface area (Å²) in [6.45, 7) is 8.02. The average molecular weight is 410 g/mol. The quantitative estimate of drug-likeness (QED) is 0.757. The first-order valence-corrected chi connectivity index (χ1v) is 9.19. The molecular formula is C20H25Cl2N3O2. The Morgan fingerprint density at radius 1 is 1.11 bits per heavy atom. The Bertz CT molecular complexity index is 740. The molecule has 0 spiro atoms. The molecule has 146 valence electrons. The maximum atomic E-state index is 12.4. The van der Waals surface area contributed by atoms with Crippen molar-refractivity contribution in [2.45, 2.75) is 20.4 Å². The summed E-state index contributed by atoms with van der Waals surface area (Å²) in [4.78, 5) is 20.7. The van der Waals surface area contributed by atoms with Crippen molar-refractivity contribution in [3.63, 3.8) is 0 Å². The zero-order valence-electron chi connectivity index (χ0n) is 15.7. The van der Waals surface area contributed by atoms with Gasteiger partial charge in [0.2, 0.25) is 0 Å². The average Bonchev–Trinajstić information content (AvgIpc) is 2.65. The zero-order chi connectivity index (χ0) is 18.5. The van der Waals surface area contributed by atoms with Crippen LogP contribution in [0.15, 0.2) is 36.7 Å². The van der Waals surface area contributed by atoms with Crippen molar-refractivity contribution < 1.29 is 9.53 Å². The predicted molar refractivity (Wildman–Crippen MR) is 110 cm³/mol. The number of pyridine rings is 1. The summed E-state index contributed by atoms with van der Waals surface area (Å²) < 4.78 is 5.69. The minimum Gasteiger partial charge on any atom is -0.484 e. The Morgan fingerprint density at radius 2 is 1.70 bits per heavy atom. The van der Waals surface area contributed by atoms with Gasteiger partial charge in [-0.25, -0.2) is 0 Å². The number of nitrogens with zero attached hydrogens (tertiary/aromatic N) is 3. The van der Waals surface area contributed by atoms with Crippen LogP contribution in [0.3, 0.4) is 0 Å². The van der Waals surface area contributed by atoms with Crippen LogP contribution < -0.4 is 4.74 Å². The fourth-order valence-corrected chi connectivity index (χ4v) is 3.24. The molecule has 1 saturated heterocycles. The number of rotatable bonds is 5. The highest BCUT2D eigenvalue weighted by atomic mass is 35.5. The number of amides is 1. The van der Waals surface area contributed by atoms with Gasteiger partial charge < -0.3 is 9.64 Å². The SMILES string of the molecule is Cc1cc(OCC(=O)N2CCN(Cc3ccncc3)CC2)cc(C)c1Cl.Cl. The van der Waals surface area contributed by atoms with Crippen LogP contribution in [0.4, 0.5) is 0 Å². The summed E-state index contributed by atoms with van der Waals surface area (Å²) in [6, 6.07) is 7.80. The van der Waals surface area contributed by atoms with Gasteiger partial charge in [-0.3, -0.25) is 14.7 Å². The highest BCUT2D eigenvalue weighted by Crippen LogP contribution is 2.25. The fourth-order valence-electron chi connectivity index (χ4n) is 3.13. The molecule has 1 aromatic carbocycles. The van der Waals surface area contributed by atoms with Crippen molar-refractivity contribution in [3.05, 3.63) is 58.4 Å². The van der Waals surface area contributed by atoms with Gasteiger partial charge in [-0.1, -0.05) is 11.6 Å². The molecule has 0 atom stereocenters. The van der Waals surface area contributed by atoms with E-state index in [9.17, 15) is 4.79 Å². The number of hydrogen-bond donors (Lipinski definition) is 0. The molecule has 5 nitrogen and oxygen atoms in total. The molecule has 1 amide bonds. The molecule has 0 N–H and O–H groups in total. The van der Waals surface area contributed by atoms with E-state index in [0.717, 1.165) is 48.9 Å². The van der Waals surface area contributed by atoms with E-state index in [0.29, 0.717) is 5.75 Å². The lowest BCUT2D eigenvalue weighted by atomic mass is 10.1. The van der Waals surface area contributed by atoms with Crippen molar-refractivity contribution in [2.24, 2.45) is 0 Å². The largest absolute Gasteiger partial charge is 0.484 e. The van der Waals surface area contributed by atoms with Gasteiger partial charge in [0.15, 0.2) is 6.61 Å². The lowest BCUT2D eigenvalue weighted by molar-refractivity contribution is -0.135. The van der Waals surface area contributed by atoms with Gasteiger partial charge in [-0.2, -0.15) is 0 Å². The lowest BCUT2D eigenvalue weighted by Gasteiger charge is -2.34. The molecular weight excluding hydrogens is 385 g/mol. The topological polar surface area (TPSA) is 45.7 Å². The molecule has 1 aromatic heterocycles. The van der Waals surface area contributed by atoms with Crippen LogP contribution in [-0.2, 0) is 11.3 Å². The Kier molecular flexibility index (Phi) is 7.90. The van der Waals surface area contributed by atoms with Gasteiger partial charge in [-0.15, -0.1) is 12.4 Å². The number of aryl methyl sites for hydroxylation is 2. The lowest BCUT2D eigenvalue weighted by Crippen LogP contribution is -2.49. The van der Waals surface area contributed by atoms with Gasteiger partial charge in [0, 0.05) is 50.1 Å². The summed E-state index contributed by atoms with van der Waals surface area (Å²) in [7, 11) is 0. The van der Waals surface area contributed by atoms with Gasteiger partial charge in [0.25, 0.3) is 5.91 Å². The Morgan fingerprint density at radius 3 is 2.30 bits per heavy atom. The number of halogens is 2. The predicted octanol–water partition coefficient (Wildman–Crippen LogP) is 3.50. The fraction of sp³-hybridized carbons (Fsp3) is 0.400. The van der Waals surface area contributed by atoms with Crippen LogP contribution in [0.1, 0.15) is 16.7 Å². The van der Waals surface area contributed by atoms with Gasteiger partial charge in [0.1, 0.15) is 5.75 Å². The molecule has 7 heteroatoms. The van der Waals surface area contributed by atoms with Crippen LogP contribution in [0.5, 0.6) is 5.75 Å². The van der Waals surface area contributed by atoms with Crippen molar-refractivity contribution in [1.29, 1.82) is 0 Å². The number of aromatic nitrogens is 1. The normalized spacial score (nSPS) is 14.6. The van der Waals surface area contributed by atoms with E-state index >= 15 is 0 Å². The third-order valence-electron chi connectivity index (χ3n) is 4.65. The van der Waals surface area contributed by atoms with Crippen molar-refractivity contribution in [3.8, 4) is 5.75 Å². The van der Waals surface area contributed by atoms with Crippen LogP contribution in [-0.4, -0.2) is 53.5 Å². The molecule has 0 aliphatic carbocycles. The van der Waals surface area contributed by atoms with E-state index in [-0.39, 0.29) is 24.9 Å². The summed E-state index contributed by atoms with van der Waals surface area (Å²) in [5.74, 6) is 0.716. The first-order valence-electron chi connectivity index (χ1n) is 8.81. The molecule has 0 radical (unpaired) electrons. The van der Waals surface area contributed by atoms with Crippen LogP contribution >= 0.6 is 24.0 Å². The van der Waals surface area contributed by atoms with E-state index in [4.69, 9.17) is 16.3 Å². The standard InChI is InChI=1S/C20H24ClN3O2.ClH/c1-15-11-18(12-16(2)20(15)21)26-14-19(25)24-9-7-23(8-10-24)13-17-3-5-22-6-4-17;/h3-6,11-12H,7-10,13-14H2,1-2H3;1H. The molecule has 1 aliphatic rings. The minimum atomic E-state index is 0. The van der Waals surface area contributed by atoms with E-state index < -0.39 is 0 Å². The second-order valence-electron chi connectivity index (χ2n) is 6.67. The molecule has 0 saturated carbocycles. The number of carbonyl (C=O) groups excluding carboxylic acids is 1. The molecule has 27 heavy (non-hydrogen) atoms. The van der Waals surface area contributed by atoms with Crippen molar-refractivity contribution in [1.82, 2.24) is 14.8 Å². The Labute approximate surface area is 171 Å². The third kappa shape index (κ3) is 5.83. The number of carbonyl (C=O) groups is 1. The summed E-state index contributed by atoms with van der Waals surface area (Å²) in [5, 5.41) is 0.744. The number of piperazine rings is 1. The van der Waals surface area contributed by atoms with E-state index in [1.54, 1.807) is 0 Å². The van der Waals surface area contributed by atoms with Gasteiger partial charge in [-0.05, 0) is 54.8 Å². The summed E-state index contributed by atoms with van der Waals surface area (Å²) in [5.41, 5.74) is 3.16. The van der Waals surface area contributed by atoms with Crippen molar-refractivity contribution in [2.75, 3.05) is 32.8 Å². The highest BCUT2D eigenvalue weighted by molar-refractivity contribution is 6.32. The Hall–Kier alpha value is -1.82. The molecule has 1 aliphatic heterocycles. The molecule has 0 unspecified atom stereocenters. The van der Waals surface area contributed by atoms with Crippen LogP contribution in [0.25, 0.3) is 0 Å². The Balaban J connectivity index is 0.00000261. The monoisotopic (exact) mass is 409 g/mol. The highest BCUT2D eigenvalue weighted by Gasteiger charge is 2.21. The molecule has 3 rings (SSSR count). The zero-order valence-corrected chi connectivity index (χ0v) is 17.2. The number of hydrogen-bond acceptors (Lipinski definition) is 4. The first-order chi connectivity index (χ1) is 12.5. The van der Waals surface area contributed by atoms with Gasteiger partial charge >= 0.3 is 0 Å². The van der Waals surface area contributed by atoms with E-state index in [1.165, 1.54) is 5.56 Å². The first kappa shape index (κ1) is 21.5. The van der Waals surface area contributed by atoms with Crippen LogP contribution in [0.2, 0.25) is 5.02 Å². The molecule has 2 heterocycles. The third-order valence-corrected chi connectivity index (χ3v) is 5.25. The van der Waals surface area contributed by atoms with E-state index in [1.807, 2.05) is 55.4 Å². The smallest absolute Gasteiger partial charge is 0.260 e. The maximum Gasteiger partial charge on any atom is 0.260 e.